The number of piperidine rings is 1. The number of aromatic hydroxyl groups is 1. The minimum atomic E-state index is -0.323. The lowest BCUT2D eigenvalue weighted by Gasteiger charge is -2.32. The maximum Gasteiger partial charge on any atom is 0.410 e. The van der Waals surface area contributed by atoms with Gasteiger partial charge >= 0.3 is 12.1 Å². The minimum absolute atomic E-state index is 0.0344. The van der Waals surface area contributed by atoms with Crippen LogP contribution in [0.2, 0.25) is 0 Å². The van der Waals surface area contributed by atoms with Gasteiger partial charge in [-0.3, -0.25) is 4.79 Å². The number of phenolic OH excluding ortho intramolecular Hbond substituents is 1. The van der Waals surface area contributed by atoms with Gasteiger partial charge in [0.1, 0.15) is 12.2 Å². The van der Waals surface area contributed by atoms with Gasteiger partial charge in [-0.15, -0.1) is 0 Å². The lowest BCUT2D eigenvalue weighted by molar-refractivity contribution is -0.150. The largest absolute Gasteiger partial charge is 0.504 e. The zero-order chi connectivity index (χ0) is 19.9. The quantitative estimate of drug-likeness (QED) is 0.774. The maximum atomic E-state index is 12.3. The molecule has 0 radical (unpaired) electrons. The van der Waals surface area contributed by atoms with Crippen molar-refractivity contribution in [2.75, 3.05) is 20.2 Å². The summed E-state index contributed by atoms with van der Waals surface area (Å²) in [4.78, 5) is 26.2. The first kappa shape index (κ1) is 20.3. The Morgan fingerprint density at radius 1 is 1.04 bits per heavy atom. The lowest BCUT2D eigenvalue weighted by atomic mass is 9.98. The Balaban J connectivity index is 1.41. The third-order valence-electron chi connectivity index (χ3n) is 5.41. The Hall–Kier alpha value is -2.44. The van der Waals surface area contributed by atoms with E-state index < -0.39 is 0 Å². The molecule has 1 aromatic carbocycles. The number of amides is 1. The van der Waals surface area contributed by atoms with E-state index in [4.69, 9.17) is 14.2 Å². The van der Waals surface area contributed by atoms with Crippen molar-refractivity contribution in [3.05, 3.63) is 23.8 Å². The molecule has 0 bridgehead atoms. The molecule has 0 spiro atoms. The number of carbonyl (C=O) groups is 2. The number of nitrogens with zero attached hydrogens (tertiary/aromatic N) is 1. The van der Waals surface area contributed by atoms with Crippen molar-refractivity contribution in [1.82, 2.24) is 4.90 Å². The third-order valence-corrected chi connectivity index (χ3v) is 5.41. The molecule has 3 rings (SSSR count). The van der Waals surface area contributed by atoms with Crippen molar-refractivity contribution in [3.8, 4) is 11.5 Å². The van der Waals surface area contributed by atoms with Crippen LogP contribution in [0.25, 0.3) is 0 Å². The number of benzene rings is 1. The second kappa shape index (κ2) is 9.66. The van der Waals surface area contributed by atoms with Gasteiger partial charge in [-0.05, 0) is 43.4 Å². The average molecular weight is 391 g/mol. The highest BCUT2D eigenvalue weighted by Gasteiger charge is 2.28. The van der Waals surface area contributed by atoms with Crippen molar-refractivity contribution >= 4 is 12.1 Å². The van der Waals surface area contributed by atoms with Crippen LogP contribution in [-0.2, 0) is 20.7 Å². The summed E-state index contributed by atoms with van der Waals surface area (Å²) >= 11 is 0. The Kier molecular flexibility index (Phi) is 7.01. The van der Waals surface area contributed by atoms with Gasteiger partial charge in [-0.1, -0.05) is 12.5 Å². The molecule has 7 nitrogen and oxygen atoms in total. The molecule has 1 aliphatic carbocycles. The van der Waals surface area contributed by atoms with Gasteiger partial charge in [0.05, 0.1) is 13.5 Å². The molecular weight excluding hydrogens is 362 g/mol. The van der Waals surface area contributed by atoms with Crippen LogP contribution in [0.4, 0.5) is 4.79 Å². The molecule has 1 aromatic rings. The number of phenols is 1. The van der Waals surface area contributed by atoms with E-state index in [2.05, 4.69) is 0 Å². The molecule has 2 aliphatic rings. The van der Waals surface area contributed by atoms with Crippen LogP contribution in [0.5, 0.6) is 11.5 Å². The second-order valence-electron chi connectivity index (χ2n) is 7.50. The van der Waals surface area contributed by atoms with Gasteiger partial charge < -0.3 is 24.2 Å². The van der Waals surface area contributed by atoms with Gasteiger partial charge in [0.15, 0.2) is 11.5 Å². The van der Waals surface area contributed by atoms with E-state index in [9.17, 15) is 14.7 Å². The van der Waals surface area contributed by atoms with Gasteiger partial charge in [-0.2, -0.15) is 0 Å². The number of carbonyl (C=O) groups excluding carboxylic acids is 2. The van der Waals surface area contributed by atoms with E-state index in [0.29, 0.717) is 37.2 Å². The summed E-state index contributed by atoms with van der Waals surface area (Å²) in [6, 6.07) is 4.79. The molecule has 0 atom stereocenters. The highest BCUT2D eigenvalue weighted by atomic mass is 16.6. The fourth-order valence-electron chi connectivity index (χ4n) is 3.78. The first-order valence-corrected chi connectivity index (χ1v) is 10.1. The maximum absolute atomic E-state index is 12.3. The fourth-order valence-corrected chi connectivity index (χ4v) is 3.78. The highest BCUT2D eigenvalue weighted by molar-refractivity contribution is 5.73. The Morgan fingerprint density at radius 3 is 2.39 bits per heavy atom. The summed E-state index contributed by atoms with van der Waals surface area (Å²) in [7, 11) is 1.46. The predicted octanol–water partition coefficient (Wildman–Crippen LogP) is 3.42. The first-order chi connectivity index (χ1) is 13.5. The highest BCUT2D eigenvalue weighted by Crippen LogP contribution is 2.27. The molecule has 2 fully saturated rings. The SMILES string of the molecule is COc1cc(CC(=O)OC2CCN(C(=O)OC3CCCCC3)CC2)ccc1O. The normalized spacial score (nSPS) is 18.5. The van der Waals surface area contributed by atoms with Crippen LogP contribution in [0.1, 0.15) is 50.5 Å². The molecule has 1 heterocycles. The van der Waals surface area contributed by atoms with Crippen LogP contribution in [0.15, 0.2) is 18.2 Å². The Labute approximate surface area is 165 Å². The van der Waals surface area contributed by atoms with Crippen LogP contribution < -0.4 is 4.74 Å². The van der Waals surface area contributed by atoms with Gasteiger partial charge in [0.25, 0.3) is 0 Å². The number of esters is 1. The molecule has 0 unspecified atom stereocenters. The number of hydrogen-bond acceptors (Lipinski definition) is 6. The van der Waals surface area contributed by atoms with E-state index >= 15 is 0 Å². The van der Waals surface area contributed by atoms with E-state index in [-0.39, 0.29) is 36.4 Å². The summed E-state index contributed by atoms with van der Waals surface area (Å²) in [6.07, 6.45) is 6.37. The zero-order valence-electron chi connectivity index (χ0n) is 16.4. The molecule has 1 aliphatic heterocycles. The predicted molar refractivity (Wildman–Crippen MR) is 102 cm³/mol. The van der Waals surface area contributed by atoms with Crippen LogP contribution in [0, 0.1) is 0 Å². The molecular formula is C21H29NO6. The molecule has 1 saturated heterocycles. The Morgan fingerprint density at radius 2 is 1.71 bits per heavy atom. The van der Waals surface area contributed by atoms with Crippen LogP contribution >= 0.6 is 0 Å². The van der Waals surface area contributed by atoms with E-state index in [0.717, 1.165) is 25.7 Å². The number of likely N-dealkylation sites (tertiary alicyclic amines) is 1. The zero-order valence-corrected chi connectivity index (χ0v) is 16.4. The second-order valence-corrected chi connectivity index (χ2v) is 7.50. The number of methoxy groups -OCH3 is 1. The number of rotatable bonds is 5. The number of hydrogen-bond donors (Lipinski definition) is 1. The summed E-state index contributed by atoms with van der Waals surface area (Å²) in [6.45, 7) is 1.08. The first-order valence-electron chi connectivity index (χ1n) is 10.1. The molecule has 1 N–H and O–H groups in total. The third kappa shape index (κ3) is 5.53. The van der Waals surface area contributed by atoms with Crippen LogP contribution in [-0.4, -0.2) is 54.5 Å². The van der Waals surface area contributed by atoms with E-state index in [1.165, 1.54) is 19.6 Å². The Bertz CT molecular complexity index is 677. The molecule has 0 aromatic heterocycles. The summed E-state index contributed by atoms with van der Waals surface area (Å²) in [5.74, 6) is 0.0400. The minimum Gasteiger partial charge on any atom is -0.504 e. The van der Waals surface area contributed by atoms with Crippen molar-refractivity contribution in [2.24, 2.45) is 0 Å². The fraction of sp³-hybridized carbons (Fsp3) is 0.619. The molecule has 1 saturated carbocycles. The van der Waals surface area contributed by atoms with Crippen molar-refractivity contribution in [1.29, 1.82) is 0 Å². The lowest BCUT2D eigenvalue weighted by Crippen LogP contribution is -2.43. The summed E-state index contributed by atoms with van der Waals surface area (Å²) < 4.78 is 16.2. The smallest absolute Gasteiger partial charge is 0.410 e. The van der Waals surface area contributed by atoms with Crippen molar-refractivity contribution in [2.45, 2.75) is 63.6 Å². The molecule has 28 heavy (non-hydrogen) atoms. The standard InChI is InChI=1S/C21H29NO6/c1-26-19-13-15(7-8-18(19)23)14-20(24)27-17-9-11-22(12-10-17)21(25)28-16-5-3-2-4-6-16/h7-8,13,16-17,23H,2-6,9-12,14H2,1H3. The molecule has 154 valence electrons. The van der Waals surface area contributed by atoms with E-state index in [1.807, 2.05) is 0 Å². The van der Waals surface area contributed by atoms with E-state index in [1.54, 1.807) is 17.0 Å². The van der Waals surface area contributed by atoms with Crippen LogP contribution in [0.3, 0.4) is 0 Å². The number of ether oxygens (including phenoxy) is 3. The topological polar surface area (TPSA) is 85.3 Å². The van der Waals surface area contributed by atoms with Crippen molar-refractivity contribution in [3.63, 3.8) is 0 Å². The molecule has 7 heteroatoms. The monoisotopic (exact) mass is 391 g/mol. The molecule has 1 amide bonds. The van der Waals surface area contributed by atoms with Gasteiger partial charge in [0.2, 0.25) is 0 Å². The summed E-state index contributed by atoms with van der Waals surface area (Å²) in [5, 5.41) is 9.62. The van der Waals surface area contributed by atoms with Gasteiger partial charge in [0, 0.05) is 25.9 Å². The summed E-state index contributed by atoms with van der Waals surface area (Å²) in [5.41, 5.74) is 0.716. The average Bonchev–Trinajstić information content (AvgIpc) is 2.70. The van der Waals surface area contributed by atoms with Crippen molar-refractivity contribution < 1.29 is 28.9 Å². The van der Waals surface area contributed by atoms with Gasteiger partial charge in [-0.25, -0.2) is 4.79 Å².